The maximum Gasteiger partial charge on any atom is 0.278 e. The van der Waals surface area contributed by atoms with E-state index in [1.165, 1.54) is 15.8 Å². The molecule has 0 radical (unpaired) electrons. The summed E-state index contributed by atoms with van der Waals surface area (Å²) in [4.78, 5) is 25.9. The molecule has 0 amide bonds. The first-order valence-electron chi connectivity index (χ1n) is 10.4. The summed E-state index contributed by atoms with van der Waals surface area (Å²) in [6.45, 7) is 0. The van der Waals surface area contributed by atoms with Crippen LogP contribution in [0.1, 0.15) is 44.1 Å². The third kappa shape index (κ3) is 3.90. The van der Waals surface area contributed by atoms with Gasteiger partial charge in [-0.2, -0.15) is 0 Å². The van der Waals surface area contributed by atoms with Gasteiger partial charge in [0, 0.05) is 12.3 Å². The Morgan fingerprint density at radius 2 is 1.41 bits per heavy atom. The van der Waals surface area contributed by atoms with Gasteiger partial charge >= 0.3 is 0 Å². The summed E-state index contributed by atoms with van der Waals surface area (Å²) in [6, 6.07) is 18.6. The zero-order valence-corrected chi connectivity index (χ0v) is 16.5. The molecule has 29 heavy (non-hydrogen) atoms. The van der Waals surface area contributed by atoms with Crippen LogP contribution in [-0.4, -0.2) is 20.3 Å². The lowest BCUT2D eigenvalue weighted by molar-refractivity contribution is -0.123. The van der Waals surface area contributed by atoms with E-state index in [1.807, 2.05) is 60.7 Å². The quantitative estimate of drug-likeness (QED) is 0.678. The Labute approximate surface area is 170 Å². The molecule has 0 saturated heterocycles. The maximum atomic E-state index is 13.2. The molecular weight excluding hydrogens is 364 g/mol. The van der Waals surface area contributed by atoms with Crippen LogP contribution in [0.4, 0.5) is 0 Å². The van der Waals surface area contributed by atoms with Crippen molar-refractivity contribution in [2.45, 2.75) is 44.9 Å². The van der Waals surface area contributed by atoms with Crippen molar-refractivity contribution in [3.8, 4) is 17.3 Å². The van der Waals surface area contributed by atoms with Crippen molar-refractivity contribution in [2.24, 2.45) is 5.92 Å². The molecule has 0 spiro atoms. The van der Waals surface area contributed by atoms with E-state index in [1.54, 1.807) is 0 Å². The fourth-order valence-corrected chi connectivity index (χ4v) is 4.24. The van der Waals surface area contributed by atoms with Crippen LogP contribution in [0.3, 0.4) is 0 Å². The SMILES string of the molecule is O=C(CCc1c(O)n(-c2ccccc2)n(-c2ccccc2)c1=O)C1CCCCC1. The normalized spacial score (nSPS) is 14.8. The largest absolute Gasteiger partial charge is 0.493 e. The minimum Gasteiger partial charge on any atom is -0.493 e. The predicted octanol–water partition coefficient (Wildman–Crippen LogP) is 4.42. The smallest absolute Gasteiger partial charge is 0.278 e. The van der Waals surface area contributed by atoms with E-state index in [9.17, 15) is 14.7 Å². The first-order valence-corrected chi connectivity index (χ1v) is 10.4. The van der Waals surface area contributed by atoms with Crippen LogP contribution in [0.25, 0.3) is 11.4 Å². The molecule has 4 rings (SSSR count). The van der Waals surface area contributed by atoms with Crippen molar-refractivity contribution in [3.63, 3.8) is 0 Å². The van der Waals surface area contributed by atoms with Crippen LogP contribution in [-0.2, 0) is 11.2 Å². The summed E-state index contributed by atoms with van der Waals surface area (Å²) in [7, 11) is 0. The molecule has 0 bridgehead atoms. The van der Waals surface area contributed by atoms with Crippen LogP contribution >= 0.6 is 0 Å². The second-order valence-electron chi connectivity index (χ2n) is 7.70. The first-order chi connectivity index (χ1) is 14.2. The van der Waals surface area contributed by atoms with E-state index in [0.29, 0.717) is 23.4 Å². The second-order valence-corrected chi connectivity index (χ2v) is 7.70. The summed E-state index contributed by atoms with van der Waals surface area (Å²) >= 11 is 0. The van der Waals surface area contributed by atoms with Crippen LogP contribution < -0.4 is 5.56 Å². The van der Waals surface area contributed by atoms with Gasteiger partial charge in [0.1, 0.15) is 5.78 Å². The Kier molecular flexibility index (Phi) is 5.65. The second kappa shape index (κ2) is 8.52. The van der Waals surface area contributed by atoms with Crippen molar-refractivity contribution in [1.29, 1.82) is 0 Å². The number of nitrogens with zero attached hydrogens (tertiary/aromatic N) is 2. The van der Waals surface area contributed by atoms with Crippen molar-refractivity contribution >= 4 is 5.78 Å². The summed E-state index contributed by atoms with van der Waals surface area (Å²) in [5.41, 5.74) is 1.37. The van der Waals surface area contributed by atoms with Crippen LogP contribution in [0, 0.1) is 5.92 Å². The van der Waals surface area contributed by atoms with Gasteiger partial charge in [0.15, 0.2) is 0 Å². The molecule has 5 nitrogen and oxygen atoms in total. The molecule has 0 unspecified atom stereocenters. The molecule has 1 heterocycles. The molecular formula is C24H26N2O3. The number of hydrogen-bond donors (Lipinski definition) is 1. The van der Waals surface area contributed by atoms with Gasteiger partial charge in [-0.15, -0.1) is 0 Å². The summed E-state index contributed by atoms with van der Waals surface area (Å²) in [5, 5.41) is 11.0. The molecule has 1 aliphatic rings. The molecule has 150 valence electrons. The van der Waals surface area contributed by atoms with Gasteiger partial charge in [-0.3, -0.25) is 9.59 Å². The van der Waals surface area contributed by atoms with E-state index in [2.05, 4.69) is 0 Å². The number of carbonyl (C=O) groups excluding carboxylic acids is 1. The lowest BCUT2D eigenvalue weighted by atomic mass is 9.84. The fourth-order valence-electron chi connectivity index (χ4n) is 4.24. The van der Waals surface area contributed by atoms with E-state index in [0.717, 1.165) is 25.7 Å². The van der Waals surface area contributed by atoms with Gasteiger partial charge in [0.05, 0.1) is 16.9 Å². The zero-order valence-electron chi connectivity index (χ0n) is 16.5. The molecule has 0 atom stereocenters. The van der Waals surface area contributed by atoms with Crippen molar-refractivity contribution in [2.75, 3.05) is 0 Å². The first kappa shape index (κ1) is 19.2. The number of aromatic hydroxyl groups is 1. The molecule has 0 aliphatic heterocycles. The molecule has 1 aromatic heterocycles. The number of hydrogen-bond acceptors (Lipinski definition) is 3. The maximum absolute atomic E-state index is 13.2. The van der Waals surface area contributed by atoms with E-state index < -0.39 is 0 Å². The molecule has 1 saturated carbocycles. The van der Waals surface area contributed by atoms with E-state index in [4.69, 9.17) is 0 Å². The van der Waals surface area contributed by atoms with Gasteiger partial charge in [0.2, 0.25) is 5.88 Å². The van der Waals surface area contributed by atoms with E-state index >= 15 is 0 Å². The zero-order chi connectivity index (χ0) is 20.2. The molecule has 5 heteroatoms. The van der Waals surface area contributed by atoms with E-state index in [-0.39, 0.29) is 29.6 Å². The highest BCUT2D eigenvalue weighted by atomic mass is 16.3. The number of ketones is 1. The van der Waals surface area contributed by atoms with Crippen molar-refractivity contribution in [1.82, 2.24) is 9.36 Å². The topological polar surface area (TPSA) is 64.2 Å². The Morgan fingerprint density at radius 1 is 0.862 bits per heavy atom. The third-order valence-corrected chi connectivity index (χ3v) is 5.80. The van der Waals surface area contributed by atoms with Crippen LogP contribution in [0.5, 0.6) is 5.88 Å². The number of para-hydroxylation sites is 2. The third-order valence-electron chi connectivity index (χ3n) is 5.80. The average molecular weight is 390 g/mol. The Morgan fingerprint density at radius 3 is 2.00 bits per heavy atom. The van der Waals surface area contributed by atoms with Crippen LogP contribution in [0.15, 0.2) is 65.5 Å². The Hall–Kier alpha value is -3.08. The molecule has 3 aromatic rings. The minimum absolute atomic E-state index is 0.0958. The van der Waals surface area contributed by atoms with Crippen molar-refractivity contribution < 1.29 is 9.90 Å². The standard InChI is InChI=1S/C24H26N2O3/c27-22(18-10-4-1-5-11-18)17-16-21-23(28)25(19-12-6-2-7-13-19)26(24(21)29)20-14-8-3-9-15-20/h2-3,6-9,12-15,18,28H,1,4-5,10-11,16-17H2. The summed E-state index contributed by atoms with van der Waals surface area (Å²) in [5.74, 6) is 0.224. The Bertz CT molecular complexity index is 1030. The van der Waals surface area contributed by atoms with Gasteiger partial charge in [-0.25, -0.2) is 9.36 Å². The molecule has 1 N–H and O–H groups in total. The summed E-state index contributed by atoms with van der Waals surface area (Å²) < 4.78 is 3.00. The fraction of sp³-hybridized carbons (Fsp3) is 0.333. The Balaban J connectivity index is 1.70. The number of aromatic nitrogens is 2. The molecule has 1 fully saturated rings. The lowest BCUT2D eigenvalue weighted by Gasteiger charge is -2.19. The monoisotopic (exact) mass is 390 g/mol. The molecule has 1 aliphatic carbocycles. The highest BCUT2D eigenvalue weighted by Crippen LogP contribution is 2.27. The number of Topliss-reactive ketones (excluding diaryl/α,β-unsaturated/α-hetero) is 1. The van der Waals surface area contributed by atoms with Gasteiger partial charge in [0.25, 0.3) is 5.56 Å². The number of carbonyl (C=O) groups is 1. The summed E-state index contributed by atoms with van der Waals surface area (Å²) in [6.07, 6.45) is 5.86. The number of rotatable bonds is 6. The van der Waals surface area contributed by atoms with Gasteiger partial charge < -0.3 is 5.11 Å². The predicted molar refractivity (Wildman–Crippen MR) is 113 cm³/mol. The molecule has 2 aromatic carbocycles. The highest BCUT2D eigenvalue weighted by Gasteiger charge is 2.25. The van der Waals surface area contributed by atoms with Gasteiger partial charge in [-0.1, -0.05) is 55.7 Å². The van der Waals surface area contributed by atoms with Crippen molar-refractivity contribution in [3.05, 3.63) is 76.6 Å². The highest BCUT2D eigenvalue weighted by molar-refractivity contribution is 5.81. The van der Waals surface area contributed by atoms with Gasteiger partial charge in [-0.05, 0) is 43.5 Å². The minimum atomic E-state index is -0.283. The van der Waals surface area contributed by atoms with Crippen LogP contribution in [0.2, 0.25) is 0 Å². The average Bonchev–Trinajstić information content (AvgIpc) is 3.03. The lowest BCUT2D eigenvalue weighted by Crippen LogP contribution is -2.23. The number of benzene rings is 2.